The second kappa shape index (κ2) is 8.37. The minimum absolute atomic E-state index is 0.123. The number of benzene rings is 3. The number of rotatable bonds is 5. The number of carbonyl (C=O) groups is 2. The Labute approximate surface area is 174 Å². The van der Waals surface area contributed by atoms with E-state index in [0.29, 0.717) is 17.1 Å². The molecule has 30 heavy (non-hydrogen) atoms. The number of carbonyl (C=O) groups excluding carboxylic acids is 2. The Kier molecular flexibility index (Phi) is 5.48. The fraction of sp³-hybridized carbons (Fsp3) is 0.167. The van der Waals surface area contributed by atoms with Gasteiger partial charge < -0.3 is 15.0 Å². The standard InChI is InChI=1S/C24H21FN2O3/c1-16-2-10-21(11-3-16)30-22-12-6-19(7-13-22)26-24(29)17-14-23(28)27(15-17)20-8-4-18(25)5-9-20/h2-13,17H,14-15H2,1H3,(H,26,29)/t17-/m0/s1. The number of nitrogens with one attached hydrogen (secondary N) is 1. The highest BCUT2D eigenvalue weighted by Gasteiger charge is 2.35. The van der Waals surface area contributed by atoms with Gasteiger partial charge in [0.15, 0.2) is 0 Å². The van der Waals surface area contributed by atoms with Gasteiger partial charge in [-0.05, 0) is 67.6 Å². The Balaban J connectivity index is 1.36. The number of ether oxygens (including phenoxy) is 1. The summed E-state index contributed by atoms with van der Waals surface area (Å²) in [6.45, 7) is 2.28. The van der Waals surface area contributed by atoms with Crippen LogP contribution in [0.2, 0.25) is 0 Å². The SMILES string of the molecule is Cc1ccc(Oc2ccc(NC(=O)[C@H]3CC(=O)N(c4ccc(F)cc4)C3)cc2)cc1. The van der Waals surface area contributed by atoms with Crippen LogP contribution in [0.4, 0.5) is 15.8 Å². The number of nitrogens with zero attached hydrogens (tertiary/aromatic N) is 1. The summed E-state index contributed by atoms with van der Waals surface area (Å²) in [5, 5.41) is 2.85. The molecule has 1 aliphatic heterocycles. The van der Waals surface area contributed by atoms with Gasteiger partial charge in [-0.1, -0.05) is 17.7 Å². The molecule has 4 rings (SSSR count). The number of hydrogen-bond acceptors (Lipinski definition) is 3. The van der Waals surface area contributed by atoms with E-state index in [0.717, 1.165) is 11.3 Å². The smallest absolute Gasteiger partial charge is 0.229 e. The molecule has 1 fully saturated rings. The molecule has 1 atom stereocenters. The van der Waals surface area contributed by atoms with Crippen molar-refractivity contribution in [1.29, 1.82) is 0 Å². The summed E-state index contributed by atoms with van der Waals surface area (Å²) in [4.78, 5) is 26.4. The zero-order valence-electron chi connectivity index (χ0n) is 16.5. The number of halogens is 1. The molecular weight excluding hydrogens is 383 g/mol. The van der Waals surface area contributed by atoms with Crippen LogP contribution in [0.25, 0.3) is 0 Å². The van der Waals surface area contributed by atoms with Gasteiger partial charge in [-0.2, -0.15) is 0 Å². The Morgan fingerprint density at radius 1 is 0.967 bits per heavy atom. The molecule has 152 valence electrons. The van der Waals surface area contributed by atoms with Crippen LogP contribution in [0.15, 0.2) is 72.8 Å². The summed E-state index contributed by atoms with van der Waals surface area (Å²) in [5.74, 6) is 0.197. The van der Waals surface area contributed by atoms with Gasteiger partial charge in [-0.15, -0.1) is 0 Å². The fourth-order valence-corrected chi connectivity index (χ4v) is 3.35. The van der Waals surface area contributed by atoms with Gasteiger partial charge >= 0.3 is 0 Å². The van der Waals surface area contributed by atoms with Gasteiger partial charge in [0.25, 0.3) is 0 Å². The van der Waals surface area contributed by atoms with E-state index in [1.54, 1.807) is 36.4 Å². The molecule has 0 aromatic heterocycles. The van der Waals surface area contributed by atoms with Crippen LogP contribution in [0.5, 0.6) is 11.5 Å². The second-order valence-corrected chi connectivity index (χ2v) is 7.31. The third-order valence-corrected chi connectivity index (χ3v) is 5.01. The first kappa shape index (κ1) is 19.6. The minimum atomic E-state index is -0.467. The molecule has 3 aromatic carbocycles. The zero-order valence-corrected chi connectivity index (χ0v) is 16.5. The number of aryl methyl sites for hydroxylation is 1. The molecule has 2 amide bonds. The molecule has 1 N–H and O–H groups in total. The van der Waals surface area contributed by atoms with Crippen molar-refractivity contribution in [2.45, 2.75) is 13.3 Å². The first-order chi connectivity index (χ1) is 14.5. The molecule has 0 saturated carbocycles. The molecule has 1 aliphatic rings. The lowest BCUT2D eigenvalue weighted by molar-refractivity contribution is -0.122. The average Bonchev–Trinajstić information content (AvgIpc) is 3.13. The predicted octanol–water partition coefficient (Wildman–Crippen LogP) is 4.92. The normalized spacial score (nSPS) is 15.9. The van der Waals surface area contributed by atoms with Crippen molar-refractivity contribution in [1.82, 2.24) is 0 Å². The summed E-state index contributed by atoms with van der Waals surface area (Å²) < 4.78 is 18.9. The highest BCUT2D eigenvalue weighted by Crippen LogP contribution is 2.27. The average molecular weight is 404 g/mol. The lowest BCUT2D eigenvalue weighted by Crippen LogP contribution is -2.28. The van der Waals surface area contributed by atoms with Crippen molar-refractivity contribution in [3.8, 4) is 11.5 Å². The van der Waals surface area contributed by atoms with E-state index in [4.69, 9.17) is 4.74 Å². The Bertz CT molecular complexity index is 1050. The lowest BCUT2D eigenvalue weighted by Gasteiger charge is -2.16. The maximum Gasteiger partial charge on any atom is 0.229 e. The van der Waals surface area contributed by atoms with E-state index in [9.17, 15) is 14.0 Å². The number of anilines is 2. The summed E-state index contributed by atoms with van der Waals surface area (Å²) in [6, 6.07) is 20.5. The van der Waals surface area contributed by atoms with Crippen LogP contribution < -0.4 is 15.0 Å². The summed E-state index contributed by atoms with van der Waals surface area (Å²) in [5.41, 5.74) is 2.38. The van der Waals surface area contributed by atoms with E-state index in [1.165, 1.54) is 17.0 Å². The van der Waals surface area contributed by atoms with E-state index in [1.807, 2.05) is 31.2 Å². The van der Waals surface area contributed by atoms with Crippen LogP contribution in [-0.2, 0) is 9.59 Å². The van der Waals surface area contributed by atoms with Crippen LogP contribution in [0.1, 0.15) is 12.0 Å². The van der Waals surface area contributed by atoms with E-state index in [2.05, 4.69) is 5.32 Å². The van der Waals surface area contributed by atoms with E-state index < -0.39 is 5.92 Å². The summed E-state index contributed by atoms with van der Waals surface area (Å²) in [7, 11) is 0. The monoisotopic (exact) mass is 404 g/mol. The third-order valence-electron chi connectivity index (χ3n) is 5.01. The molecule has 0 radical (unpaired) electrons. The van der Waals surface area contributed by atoms with Crippen LogP contribution in [-0.4, -0.2) is 18.4 Å². The summed E-state index contributed by atoms with van der Waals surface area (Å²) in [6.07, 6.45) is 0.123. The highest BCUT2D eigenvalue weighted by molar-refractivity contribution is 6.03. The van der Waals surface area contributed by atoms with E-state index >= 15 is 0 Å². The molecule has 1 heterocycles. The second-order valence-electron chi connectivity index (χ2n) is 7.31. The molecular formula is C24H21FN2O3. The number of hydrogen-bond donors (Lipinski definition) is 1. The minimum Gasteiger partial charge on any atom is -0.457 e. The van der Waals surface area contributed by atoms with Crippen molar-refractivity contribution < 1.29 is 18.7 Å². The Morgan fingerprint density at radius 3 is 2.20 bits per heavy atom. The molecule has 0 spiro atoms. The van der Waals surface area contributed by atoms with Crippen molar-refractivity contribution in [2.24, 2.45) is 5.92 Å². The maximum absolute atomic E-state index is 13.1. The highest BCUT2D eigenvalue weighted by atomic mass is 19.1. The van der Waals surface area contributed by atoms with Crippen molar-refractivity contribution >= 4 is 23.2 Å². The van der Waals surface area contributed by atoms with Gasteiger partial charge in [0.05, 0.1) is 5.92 Å². The van der Waals surface area contributed by atoms with Crippen LogP contribution >= 0.6 is 0 Å². The van der Waals surface area contributed by atoms with Gasteiger partial charge in [0, 0.05) is 24.3 Å². The van der Waals surface area contributed by atoms with Crippen molar-refractivity contribution in [2.75, 3.05) is 16.8 Å². The number of amides is 2. The van der Waals surface area contributed by atoms with Crippen LogP contribution in [0.3, 0.4) is 0 Å². The maximum atomic E-state index is 13.1. The molecule has 0 aliphatic carbocycles. The van der Waals surface area contributed by atoms with Gasteiger partial charge in [-0.3, -0.25) is 9.59 Å². The molecule has 1 saturated heterocycles. The lowest BCUT2D eigenvalue weighted by atomic mass is 10.1. The third kappa shape index (κ3) is 4.49. The fourth-order valence-electron chi connectivity index (χ4n) is 3.35. The zero-order chi connectivity index (χ0) is 21.1. The predicted molar refractivity (Wildman–Crippen MR) is 113 cm³/mol. The van der Waals surface area contributed by atoms with Crippen molar-refractivity contribution in [3.05, 3.63) is 84.2 Å². The first-order valence-corrected chi connectivity index (χ1v) is 9.69. The molecule has 3 aromatic rings. The van der Waals surface area contributed by atoms with Gasteiger partial charge in [-0.25, -0.2) is 4.39 Å². The first-order valence-electron chi connectivity index (χ1n) is 9.69. The Morgan fingerprint density at radius 2 is 1.57 bits per heavy atom. The quantitative estimate of drug-likeness (QED) is 0.657. The van der Waals surface area contributed by atoms with Crippen molar-refractivity contribution in [3.63, 3.8) is 0 Å². The Hall–Kier alpha value is -3.67. The van der Waals surface area contributed by atoms with Gasteiger partial charge in [0.1, 0.15) is 17.3 Å². The topological polar surface area (TPSA) is 58.6 Å². The van der Waals surface area contributed by atoms with E-state index in [-0.39, 0.29) is 30.6 Å². The summed E-state index contributed by atoms with van der Waals surface area (Å²) >= 11 is 0. The molecule has 0 bridgehead atoms. The largest absolute Gasteiger partial charge is 0.457 e. The molecule has 5 nitrogen and oxygen atoms in total. The molecule has 0 unspecified atom stereocenters. The molecule has 6 heteroatoms. The van der Waals surface area contributed by atoms with Gasteiger partial charge in [0.2, 0.25) is 11.8 Å². The van der Waals surface area contributed by atoms with Crippen LogP contribution in [0, 0.1) is 18.7 Å².